The van der Waals surface area contributed by atoms with Crippen LogP contribution in [0, 0.1) is 6.92 Å². The summed E-state index contributed by atoms with van der Waals surface area (Å²) >= 11 is 0. The van der Waals surface area contributed by atoms with Gasteiger partial charge in [-0.05, 0) is 18.6 Å². The van der Waals surface area contributed by atoms with E-state index in [1.807, 2.05) is 0 Å². The molecule has 88 valence electrons. The third-order valence-corrected chi connectivity index (χ3v) is 3.67. The molecule has 0 aromatic carbocycles. The summed E-state index contributed by atoms with van der Waals surface area (Å²) in [4.78, 5) is 14.5. The zero-order valence-electron chi connectivity index (χ0n) is 9.01. The number of carbonyl (C=O) groups excluding carboxylic acids is 1. The van der Waals surface area contributed by atoms with Crippen LogP contribution in [0.15, 0.2) is 18.3 Å². The molecule has 0 bridgehead atoms. The predicted molar refractivity (Wildman–Crippen MR) is 60.3 cm³/mol. The molecule has 0 saturated heterocycles. The molecular formula is C10H14N2O3S. The first kappa shape index (κ1) is 12.6. The van der Waals surface area contributed by atoms with Crippen LogP contribution in [0.5, 0.6) is 0 Å². The molecule has 0 saturated carbocycles. The fraction of sp³-hybridized carbons (Fsp3) is 0.400. The van der Waals surface area contributed by atoms with Crippen molar-refractivity contribution >= 4 is 15.7 Å². The highest BCUT2D eigenvalue weighted by Gasteiger charge is 2.15. The second-order valence-corrected chi connectivity index (χ2v) is 5.76. The van der Waals surface area contributed by atoms with Crippen LogP contribution in [0.2, 0.25) is 0 Å². The van der Waals surface area contributed by atoms with Crippen molar-refractivity contribution in [3.8, 4) is 0 Å². The maximum Gasteiger partial charge on any atom is 0.218 e. The van der Waals surface area contributed by atoms with Crippen molar-refractivity contribution in [2.75, 3.05) is 5.75 Å². The minimum Gasteiger partial charge on any atom is -0.370 e. The van der Waals surface area contributed by atoms with Gasteiger partial charge >= 0.3 is 0 Å². The molecular weight excluding hydrogens is 228 g/mol. The first-order valence-electron chi connectivity index (χ1n) is 4.80. The van der Waals surface area contributed by atoms with Crippen LogP contribution < -0.4 is 5.73 Å². The van der Waals surface area contributed by atoms with Crippen LogP contribution in [-0.2, 0) is 20.4 Å². The van der Waals surface area contributed by atoms with E-state index in [-0.39, 0.29) is 17.9 Å². The lowest BCUT2D eigenvalue weighted by Crippen LogP contribution is -2.18. The van der Waals surface area contributed by atoms with Gasteiger partial charge in [-0.2, -0.15) is 0 Å². The second-order valence-electron chi connectivity index (χ2n) is 3.58. The zero-order chi connectivity index (χ0) is 12.2. The normalized spacial score (nSPS) is 11.3. The Kier molecular flexibility index (Phi) is 4.00. The van der Waals surface area contributed by atoms with Crippen molar-refractivity contribution < 1.29 is 13.2 Å². The van der Waals surface area contributed by atoms with Crippen molar-refractivity contribution in [3.05, 3.63) is 29.6 Å². The van der Waals surface area contributed by atoms with E-state index in [1.54, 1.807) is 25.3 Å². The molecule has 0 atom stereocenters. The summed E-state index contributed by atoms with van der Waals surface area (Å²) < 4.78 is 23.2. The molecule has 1 aromatic rings. The van der Waals surface area contributed by atoms with Crippen molar-refractivity contribution in [2.45, 2.75) is 19.1 Å². The molecule has 5 nitrogen and oxygen atoms in total. The number of nitrogens with two attached hydrogens (primary N) is 1. The van der Waals surface area contributed by atoms with Crippen molar-refractivity contribution in [3.63, 3.8) is 0 Å². The lowest BCUT2D eigenvalue weighted by molar-refractivity contribution is -0.117. The summed E-state index contributed by atoms with van der Waals surface area (Å²) in [5.41, 5.74) is 6.25. The molecule has 0 spiro atoms. The van der Waals surface area contributed by atoms with E-state index in [0.717, 1.165) is 5.56 Å². The first-order chi connectivity index (χ1) is 7.41. The van der Waals surface area contributed by atoms with Gasteiger partial charge in [0.25, 0.3) is 0 Å². The molecule has 1 aromatic heterocycles. The smallest absolute Gasteiger partial charge is 0.218 e. The molecule has 0 aliphatic heterocycles. The highest BCUT2D eigenvalue weighted by Crippen LogP contribution is 2.09. The number of rotatable bonds is 5. The lowest BCUT2D eigenvalue weighted by atomic mass is 10.2. The first-order valence-corrected chi connectivity index (χ1v) is 6.62. The van der Waals surface area contributed by atoms with E-state index >= 15 is 0 Å². The number of pyridine rings is 1. The van der Waals surface area contributed by atoms with Crippen LogP contribution in [0.4, 0.5) is 0 Å². The van der Waals surface area contributed by atoms with Gasteiger partial charge in [-0.25, -0.2) is 8.42 Å². The standard InChI is InChI=1S/C10H14N2O3S/c1-8-3-2-5-12-9(8)7-16(14,15)6-4-10(11)13/h2-3,5H,4,6-7H2,1H3,(H2,11,13). The van der Waals surface area contributed by atoms with Crippen LogP contribution >= 0.6 is 0 Å². The Labute approximate surface area is 94.6 Å². The number of primary amides is 1. The molecule has 2 N–H and O–H groups in total. The van der Waals surface area contributed by atoms with Crippen LogP contribution in [0.25, 0.3) is 0 Å². The highest BCUT2D eigenvalue weighted by molar-refractivity contribution is 7.90. The Morgan fingerprint density at radius 3 is 2.75 bits per heavy atom. The SMILES string of the molecule is Cc1cccnc1CS(=O)(=O)CCC(N)=O. The molecule has 6 heteroatoms. The highest BCUT2D eigenvalue weighted by atomic mass is 32.2. The van der Waals surface area contributed by atoms with Gasteiger partial charge in [-0.1, -0.05) is 6.07 Å². The molecule has 0 aliphatic carbocycles. The molecule has 0 aliphatic rings. The fourth-order valence-corrected chi connectivity index (χ4v) is 2.58. The van der Waals surface area contributed by atoms with E-state index in [4.69, 9.17) is 5.73 Å². The molecule has 0 radical (unpaired) electrons. The zero-order valence-corrected chi connectivity index (χ0v) is 9.83. The molecule has 1 amide bonds. The van der Waals surface area contributed by atoms with Crippen LogP contribution in [0.1, 0.15) is 17.7 Å². The van der Waals surface area contributed by atoms with Gasteiger partial charge < -0.3 is 5.73 Å². The Hall–Kier alpha value is -1.43. The second kappa shape index (κ2) is 5.07. The minimum atomic E-state index is -3.32. The Morgan fingerprint density at radius 2 is 2.19 bits per heavy atom. The van der Waals surface area contributed by atoms with Crippen LogP contribution in [0.3, 0.4) is 0 Å². The van der Waals surface area contributed by atoms with Gasteiger partial charge in [-0.3, -0.25) is 9.78 Å². The lowest BCUT2D eigenvalue weighted by Gasteiger charge is -2.05. The molecule has 0 unspecified atom stereocenters. The fourth-order valence-electron chi connectivity index (χ4n) is 1.21. The largest absolute Gasteiger partial charge is 0.370 e. The predicted octanol–water partition coefficient (Wildman–Crippen LogP) is 0.180. The summed E-state index contributed by atoms with van der Waals surface area (Å²) in [6, 6.07) is 3.54. The quantitative estimate of drug-likeness (QED) is 0.797. The third-order valence-electron chi connectivity index (χ3n) is 2.13. The number of nitrogens with zero attached hydrogens (tertiary/aromatic N) is 1. The molecule has 1 heterocycles. The van der Waals surface area contributed by atoms with Crippen molar-refractivity contribution in [1.82, 2.24) is 4.98 Å². The summed E-state index contributed by atoms with van der Waals surface area (Å²) in [5.74, 6) is -0.980. The topological polar surface area (TPSA) is 90.1 Å². The molecule has 16 heavy (non-hydrogen) atoms. The van der Waals surface area contributed by atoms with Gasteiger partial charge in [0.2, 0.25) is 5.91 Å². The van der Waals surface area contributed by atoms with Gasteiger partial charge in [0.15, 0.2) is 9.84 Å². The van der Waals surface area contributed by atoms with E-state index < -0.39 is 15.7 Å². The monoisotopic (exact) mass is 242 g/mol. The van der Waals surface area contributed by atoms with Crippen molar-refractivity contribution in [1.29, 1.82) is 0 Å². The maximum atomic E-state index is 11.6. The van der Waals surface area contributed by atoms with Gasteiger partial charge in [0.1, 0.15) is 0 Å². The number of amides is 1. The summed E-state index contributed by atoms with van der Waals surface area (Å²) in [5, 5.41) is 0. The van der Waals surface area contributed by atoms with E-state index in [9.17, 15) is 13.2 Å². The van der Waals surface area contributed by atoms with E-state index in [1.165, 1.54) is 0 Å². The van der Waals surface area contributed by atoms with Gasteiger partial charge in [0.05, 0.1) is 17.2 Å². The molecule has 0 fully saturated rings. The number of carbonyl (C=O) groups is 1. The number of aromatic nitrogens is 1. The molecule has 1 rings (SSSR count). The average Bonchev–Trinajstić information content (AvgIpc) is 2.19. The average molecular weight is 242 g/mol. The Balaban J connectivity index is 2.73. The van der Waals surface area contributed by atoms with Crippen molar-refractivity contribution in [2.24, 2.45) is 5.73 Å². The third kappa shape index (κ3) is 3.98. The minimum absolute atomic E-state index is 0.145. The van der Waals surface area contributed by atoms with Crippen LogP contribution in [-0.4, -0.2) is 25.1 Å². The number of hydrogen-bond acceptors (Lipinski definition) is 4. The summed E-state index contributed by atoms with van der Waals surface area (Å²) in [6.45, 7) is 1.80. The maximum absolute atomic E-state index is 11.6. The summed E-state index contributed by atoms with van der Waals surface area (Å²) in [7, 11) is -3.32. The number of hydrogen-bond donors (Lipinski definition) is 1. The Bertz CT molecular complexity index is 483. The van der Waals surface area contributed by atoms with E-state index in [0.29, 0.717) is 5.69 Å². The number of sulfone groups is 1. The number of aryl methyl sites for hydroxylation is 1. The van der Waals surface area contributed by atoms with E-state index in [2.05, 4.69) is 4.98 Å². The van der Waals surface area contributed by atoms with Gasteiger partial charge in [0, 0.05) is 12.6 Å². The Morgan fingerprint density at radius 1 is 1.50 bits per heavy atom. The van der Waals surface area contributed by atoms with Gasteiger partial charge in [-0.15, -0.1) is 0 Å². The summed E-state index contributed by atoms with van der Waals surface area (Å²) in [6.07, 6.45) is 1.40.